The van der Waals surface area contributed by atoms with Crippen LogP contribution >= 0.6 is 0 Å². The van der Waals surface area contributed by atoms with Gasteiger partial charge < -0.3 is 15.4 Å². The smallest absolute Gasteiger partial charge is 0.192 e. The molecule has 0 radical (unpaired) electrons. The van der Waals surface area contributed by atoms with Gasteiger partial charge in [0.05, 0.1) is 24.9 Å². The van der Waals surface area contributed by atoms with E-state index in [1.54, 1.807) is 0 Å². The zero-order valence-electron chi connectivity index (χ0n) is 19.2. The Labute approximate surface area is 187 Å². The van der Waals surface area contributed by atoms with Crippen LogP contribution in [0.5, 0.6) is 5.75 Å². The lowest BCUT2D eigenvalue weighted by atomic mass is 10.1. The van der Waals surface area contributed by atoms with Crippen LogP contribution in [0.3, 0.4) is 0 Å². The van der Waals surface area contributed by atoms with Crippen LogP contribution in [0.15, 0.2) is 53.5 Å². The van der Waals surface area contributed by atoms with Gasteiger partial charge in [-0.15, -0.1) is 0 Å². The molecular formula is C24H35N3O3S. The van der Waals surface area contributed by atoms with Gasteiger partial charge in [0.2, 0.25) is 0 Å². The molecule has 6 nitrogen and oxygen atoms in total. The van der Waals surface area contributed by atoms with Crippen molar-refractivity contribution in [2.24, 2.45) is 10.9 Å². The van der Waals surface area contributed by atoms with E-state index in [0.29, 0.717) is 19.1 Å². The zero-order chi connectivity index (χ0) is 22.9. The maximum absolute atomic E-state index is 11.4. The molecule has 0 saturated heterocycles. The number of aliphatic imine (C=N–C) groups is 1. The molecule has 0 aromatic heterocycles. The van der Waals surface area contributed by atoms with Crippen LogP contribution in [-0.2, 0) is 22.1 Å². The second kappa shape index (κ2) is 11.7. The lowest BCUT2D eigenvalue weighted by Gasteiger charge is -2.19. The first kappa shape index (κ1) is 24.7. The van der Waals surface area contributed by atoms with Crippen LogP contribution < -0.4 is 15.4 Å². The molecule has 0 heterocycles. The van der Waals surface area contributed by atoms with Gasteiger partial charge in [-0.2, -0.15) is 0 Å². The van der Waals surface area contributed by atoms with Gasteiger partial charge in [0.15, 0.2) is 15.8 Å². The van der Waals surface area contributed by atoms with E-state index in [1.165, 1.54) is 6.26 Å². The number of nitrogens with zero attached hydrogens (tertiary/aromatic N) is 1. The zero-order valence-corrected chi connectivity index (χ0v) is 20.0. The number of guanidine groups is 1. The predicted octanol–water partition coefficient (Wildman–Crippen LogP) is 4.08. The van der Waals surface area contributed by atoms with Crippen molar-refractivity contribution in [3.05, 3.63) is 65.2 Å². The van der Waals surface area contributed by atoms with E-state index in [-0.39, 0.29) is 11.8 Å². The Balaban J connectivity index is 1.98. The first-order valence-corrected chi connectivity index (χ1v) is 12.8. The summed E-state index contributed by atoms with van der Waals surface area (Å²) in [5.74, 6) is 2.16. The molecule has 2 N–H and O–H groups in total. The molecule has 0 aliphatic carbocycles. The van der Waals surface area contributed by atoms with Crippen molar-refractivity contribution in [3.63, 3.8) is 0 Å². The van der Waals surface area contributed by atoms with Crippen molar-refractivity contribution in [3.8, 4) is 5.75 Å². The van der Waals surface area contributed by atoms with Gasteiger partial charge >= 0.3 is 0 Å². The SMILES string of the molecule is CCNC(=NCc1ccc(CS(C)(=O)=O)cc1)NC(C)c1ccc(OCC(C)C)cc1. The van der Waals surface area contributed by atoms with Gasteiger partial charge in [0.25, 0.3) is 0 Å². The Hall–Kier alpha value is -2.54. The van der Waals surface area contributed by atoms with E-state index in [9.17, 15) is 8.42 Å². The highest BCUT2D eigenvalue weighted by atomic mass is 32.2. The van der Waals surface area contributed by atoms with Crippen LogP contribution in [-0.4, -0.2) is 33.8 Å². The summed E-state index contributed by atoms with van der Waals surface area (Å²) in [5.41, 5.74) is 2.95. The van der Waals surface area contributed by atoms with E-state index < -0.39 is 9.84 Å². The fourth-order valence-corrected chi connectivity index (χ4v) is 3.74. The van der Waals surface area contributed by atoms with Crippen LogP contribution in [0.4, 0.5) is 0 Å². The fraction of sp³-hybridized carbons (Fsp3) is 0.458. The number of nitrogens with one attached hydrogen (secondary N) is 2. The lowest BCUT2D eigenvalue weighted by Crippen LogP contribution is -2.38. The van der Waals surface area contributed by atoms with Crippen LogP contribution in [0.25, 0.3) is 0 Å². The third-order valence-electron chi connectivity index (χ3n) is 4.53. The summed E-state index contributed by atoms with van der Waals surface area (Å²) in [6, 6.07) is 15.7. The van der Waals surface area contributed by atoms with Gasteiger partial charge in [0.1, 0.15) is 5.75 Å². The largest absolute Gasteiger partial charge is 0.493 e. The lowest BCUT2D eigenvalue weighted by molar-refractivity contribution is 0.271. The summed E-state index contributed by atoms with van der Waals surface area (Å²) in [7, 11) is -3.03. The molecular weight excluding hydrogens is 410 g/mol. The quantitative estimate of drug-likeness (QED) is 0.425. The summed E-state index contributed by atoms with van der Waals surface area (Å²) in [6.45, 7) is 10.4. The average Bonchev–Trinajstić information content (AvgIpc) is 2.71. The third-order valence-corrected chi connectivity index (χ3v) is 5.39. The molecule has 170 valence electrons. The minimum absolute atomic E-state index is 0.0551. The van der Waals surface area contributed by atoms with Crippen molar-refractivity contribution in [1.29, 1.82) is 0 Å². The minimum Gasteiger partial charge on any atom is -0.493 e. The molecule has 0 fully saturated rings. The maximum atomic E-state index is 11.4. The Bertz CT molecular complexity index is 937. The fourth-order valence-electron chi connectivity index (χ4n) is 2.94. The highest BCUT2D eigenvalue weighted by molar-refractivity contribution is 7.89. The second-order valence-corrected chi connectivity index (χ2v) is 10.4. The monoisotopic (exact) mass is 445 g/mol. The first-order chi connectivity index (χ1) is 14.7. The third kappa shape index (κ3) is 9.42. The molecule has 0 aliphatic heterocycles. The number of sulfone groups is 1. The van der Waals surface area contributed by atoms with Crippen molar-refractivity contribution in [2.75, 3.05) is 19.4 Å². The highest BCUT2D eigenvalue weighted by Gasteiger charge is 2.09. The summed E-state index contributed by atoms with van der Waals surface area (Å²) >= 11 is 0. The topological polar surface area (TPSA) is 79.8 Å². The molecule has 0 bridgehead atoms. The Morgan fingerprint density at radius 2 is 1.61 bits per heavy atom. The molecule has 0 amide bonds. The molecule has 0 spiro atoms. The molecule has 0 aliphatic rings. The van der Waals surface area contributed by atoms with Gasteiger partial charge in [-0.1, -0.05) is 50.2 Å². The highest BCUT2D eigenvalue weighted by Crippen LogP contribution is 2.18. The number of hydrogen-bond acceptors (Lipinski definition) is 4. The summed E-state index contributed by atoms with van der Waals surface area (Å²) < 4.78 is 28.6. The average molecular weight is 446 g/mol. The maximum Gasteiger partial charge on any atom is 0.192 e. The van der Waals surface area contributed by atoms with Crippen molar-refractivity contribution in [1.82, 2.24) is 10.6 Å². The van der Waals surface area contributed by atoms with Crippen molar-refractivity contribution < 1.29 is 13.2 Å². The number of benzene rings is 2. The van der Waals surface area contributed by atoms with Crippen LogP contribution in [0.1, 0.15) is 50.4 Å². The van der Waals surface area contributed by atoms with Gasteiger partial charge in [-0.3, -0.25) is 0 Å². The Morgan fingerprint density at radius 3 is 2.16 bits per heavy atom. The standard InChI is InChI=1S/C24H35N3O3S/c1-6-25-24(26-15-20-7-9-21(10-8-20)17-31(5,28)29)27-19(4)22-11-13-23(14-12-22)30-16-18(2)3/h7-14,18-19H,6,15-17H2,1-5H3,(H2,25,26,27). The number of hydrogen-bond donors (Lipinski definition) is 2. The summed E-state index contributed by atoms with van der Waals surface area (Å²) in [6.07, 6.45) is 1.24. The Kier molecular flexibility index (Phi) is 9.37. The molecule has 2 aromatic carbocycles. The molecule has 1 atom stereocenters. The Morgan fingerprint density at radius 1 is 1.00 bits per heavy atom. The van der Waals surface area contributed by atoms with Crippen molar-refractivity contribution in [2.45, 2.75) is 46.0 Å². The minimum atomic E-state index is -3.03. The normalized spacial score (nSPS) is 13.2. The molecule has 0 saturated carbocycles. The summed E-state index contributed by atoms with van der Waals surface area (Å²) in [5, 5.41) is 6.71. The second-order valence-electron chi connectivity index (χ2n) is 8.22. The molecule has 7 heteroatoms. The number of rotatable bonds is 10. The molecule has 1 unspecified atom stereocenters. The van der Waals surface area contributed by atoms with Gasteiger partial charge in [-0.25, -0.2) is 13.4 Å². The molecule has 2 rings (SSSR count). The van der Waals surface area contributed by atoms with Gasteiger partial charge in [0, 0.05) is 12.8 Å². The summed E-state index contributed by atoms with van der Waals surface area (Å²) in [4.78, 5) is 4.67. The molecule has 31 heavy (non-hydrogen) atoms. The van der Waals surface area contributed by atoms with E-state index in [1.807, 2.05) is 43.3 Å². The predicted molar refractivity (Wildman–Crippen MR) is 128 cm³/mol. The first-order valence-electron chi connectivity index (χ1n) is 10.7. The van der Waals surface area contributed by atoms with Crippen molar-refractivity contribution >= 4 is 15.8 Å². The van der Waals surface area contributed by atoms with E-state index in [0.717, 1.165) is 34.9 Å². The van der Waals surface area contributed by atoms with E-state index in [2.05, 4.69) is 48.5 Å². The van der Waals surface area contributed by atoms with E-state index >= 15 is 0 Å². The van der Waals surface area contributed by atoms with Crippen LogP contribution in [0, 0.1) is 5.92 Å². The van der Waals surface area contributed by atoms with Crippen LogP contribution in [0.2, 0.25) is 0 Å². The van der Waals surface area contributed by atoms with Gasteiger partial charge in [-0.05, 0) is 48.6 Å². The number of ether oxygens (including phenoxy) is 1. The van der Waals surface area contributed by atoms with E-state index in [4.69, 9.17) is 4.74 Å². The molecule has 2 aromatic rings.